The van der Waals surface area contributed by atoms with Crippen LogP contribution < -0.4 is 9.80 Å². The maximum Gasteiger partial charge on any atom is 0.143 e. The molecular weight excluding hydrogens is 1090 g/mol. The molecule has 412 valence electrons. The predicted octanol–water partition coefficient (Wildman–Crippen LogP) is 23.4. The van der Waals surface area contributed by atoms with Crippen LogP contribution in [0.2, 0.25) is 0 Å². The molecule has 0 bridgehead atoms. The number of hydrogen-bond donors (Lipinski definition) is 0. The first-order valence-electron chi connectivity index (χ1n) is 30.0. The van der Waals surface area contributed by atoms with E-state index in [0.717, 1.165) is 106 Å². The lowest BCUT2D eigenvalue weighted by Crippen LogP contribution is -2.32. The summed E-state index contributed by atoms with van der Waals surface area (Å²) in [5.74, 6) is 0. The molecule has 16 aromatic rings. The monoisotopic (exact) mass is 1140 g/mol. The van der Waals surface area contributed by atoms with Gasteiger partial charge in [-0.05, 0) is 157 Å². The van der Waals surface area contributed by atoms with Crippen molar-refractivity contribution in [2.75, 3.05) is 9.80 Å². The second kappa shape index (κ2) is 20.0. The van der Waals surface area contributed by atoms with Gasteiger partial charge in [-0.2, -0.15) is 0 Å². The van der Waals surface area contributed by atoms with Gasteiger partial charge in [-0.3, -0.25) is 0 Å². The van der Waals surface area contributed by atoms with Gasteiger partial charge in [0, 0.05) is 71.4 Å². The number of furan rings is 2. The Bertz CT molecular complexity index is 5390. The van der Waals surface area contributed by atoms with Crippen LogP contribution in [0, 0.1) is 0 Å². The van der Waals surface area contributed by atoms with Crippen molar-refractivity contribution in [3.05, 3.63) is 338 Å². The predicted molar refractivity (Wildman–Crippen MR) is 366 cm³/mol. The molecule has 1 spiro atoms. The van der Waals surface area contributed by atoms with E-state index in [0.29, 0.717) is 0 Å². The highest BCUT2D eigenvalue weighted by Gasteiger charge is 2.50. The van der Waals surface area contributed by atoms with Crippen molar-refractivity contribution in [1.82, 2.24) is 0 Å². The van der Waals surface area contributed by atoms with Crippen LogP contribution in [0.3, 0.4) is 0 Å². The lowest BCUT2D eigenvalue weighted by Gasteiger charge is -2.41. The highest BCUT2D eigenvalue weighted by molar-refractivity contribution is 7.99. The lowest BCUT2D eigenvalue weighted by atomic mass is 9.67. The summed E-state index contributed by atoms with van der Waals surface area (Å²) in [4.78, 5) is 7.22. The van der Waals surface area contributed by atoms with Crippen LogP contribution in [0.5, 0.6) is 0 Å². The Morgan fingerprint density at radius 2 is 0.761 bits per heavy atom. The van der Waals surface area contributed by atoms with E-state index < -0.39 is 5.41 Å². The molecule has 14 aromatic carbocycles. The van der Waals surface area contributed by atoms with Crippen LogP contribution in [-0.4, -0.2) is 0 Å². The topological polar surface area (TPSA) is 32.8 Å². The molecule has 0 unspecified atom stereocenters. The summed E-state index contributed by atoms with van der Waals surface area (Å²) in [5, 5.41) is 6.72. The van der Waals surface area contributed by atoms with Gasteiger partial charge in [0.2, 0.25) is 0 Å². The molecule has 0 atom stereocenters. The van der Waals surface area contributed by atoms with Crippen LogP contribution in [0.1, 0.15) is 22.3 Å². The summed E-state index contributed by atoms with van der Waals surface area (Å²) in [5.41, 5.74) is 23.3. The van der Waals surface area contributed by atoms with Crippen molar-refractivity contribution in [2.24, 2.45) is 0 Å². The smallest absolute Gasteiger partial charge is 0.143 e. The summed E-state index contributed by atoms with van der Waals surface area (Å²) in [6.07, 6.45) is 0. The molecule has 88 heavy (non-hydrogen) atoms. The molecule has 1 aliphatic carbocycles. The number of benzene rings is 14. The average molecular weight is 1140 g/mol. The largest absolute Gasteiger partial charge is 0.456 e. The first kappa shape index (κ1) is 50.2. The van der Waals surface area contributed by atoms with Crippen LogP contribution in [-0.2, 0) is 5.41 Å². The van der Waals surface area contributed by atoms with Crippen LogP contribution in [0.15, 0.2) is 334 Å². The Balaban J connectivity index is 0.867. The summed E-state index contributed by atoms with van der Waals surface area (Å²) in [6.45, 7) is 0. The summed E-state index contributed by atoms with van der Waals surface area (Å²) in [7, 11) is 0. The maximum atomic E-state index is 6.89. The number of para-hydroxylation sites is 3. The van der Waals surface area contributed by atoms with E-state index in [1.54, 1.807) is 0 Å². The molecule has 4 nitrogen and oxygen atoms in total. The van der Waals surface area contributed by atoms with Crippen LogP contribution in [0.25, 0.3) is 99.2 Å². The van der Waals surface area contributed by atoms with Gasteiger partial charge in [-0.1, -0.05) is 236 Å². The Kier molecular flexibility index (Phi) is 11.4. The molecule has 0 radical (unpaired) electrons. The molecule has 2 aromatic heterocycles. The van der Waals surface area contributed by atoms with Gasteiger partial charge >= 0.3 is 0 Å². The van der Waals surface area contributed by atoms with Crippen LogP contribution in [0.4, 0.5) is 34.1 Å². The van der Waals surface area contributed by atoms with Gasteiger partial charge in [0.15, 0.2) is 0 Å². The van der Waals surface area contributed by atoms with Gasteiger partial charge in [0.25, 0.3) is 0 Å². The van der Waals surface area contributed by atoms with Gasteiger partial charge in [0.05, 0.1) is 11.1 Å². The summed E-state index contributed by atoms with van der Waals surface area (Å²) in [6, 6.07) is 115. The third-order valence-electron chi connectivity index (χ3n) is 18.3. The van der Waals surface area contributed by atoms with E-state index in [2.05, 4.69) is 325 Å². The van der Waals surface area contributed by atoms with Crippen molar-refractivity contribution in [1.29, 1.82) is 0 Å². The van der Waals surface area contributed by atoms with E-state index >= 15 is 0 Å². The van der Waals surface area contributed by atoms with Crippen molar-refractivity contribution in [2.45, 2.75) is 15.2 Å². The maximum absolute atomic E-state index is 6.89. The summed E-state index contributed by atoms with van der Waals surface area (Å²) < 4.78 is 13.7. The minimum atomic E-state index is -0.633. The normalized spacial score (nSPS) is 12.8. The molecule has 0 fully saturated rings. The van der Waals surface area contributed by atoms with E-state index in [1.807, 2.05) is 11.8 Å². The molecule has 3 heterocycles. The van der Waals surface area contributed by atoms with Crippen molar-refractivity contribution >= 4 is 101 Å². The zero-order valence-corrected chi connectivity index (χ0v) is 48.5. The second-order valence-electron chi connectivity index (χ2n) is 23.1. The number of rotatable bonds is 9. The minimum Gasteiger partial charge on any atom is -0.456 e. The first-order valence-corrected chi connectivity index (χ1v) is 30.8. The minimum absolute atomic E-state index is 0.633. The van der Waals surface area contributed by atoms with Gasteiger partial charge in [0.1, 0.15) is 22.3 Å². The molecule has 1 aliphatic heterocycles. The fourth-order valence-electron chi connectivity index (χ4n) is 14.4. The Morgan fingerprint density at radius 3 is 1.44 bits per heavy atom. The Labute approximate surface area is 513 Å². The molecule has 5 heteroatoms. The fourth-order valence-corrected chi connectivity index (χ4v) is 15.7. The number of hydrogen-bond acceptors (Lipinski definition) is 5. The van der Waals surface area contributed by atoms with E-state index in [1.165, 1.54) is 59.5 Å². The molecule has 0 amide bonds. The summed E-state index contributed by atoms with van der Waals surface area (Å²) >= 11 is 1.86. The molecule has 0 saturated heterocycles. The molecule has 18 rings (SSSR count). The zero-order valence-electron chi connectivity index (χ0n) is 47.6. The SMILES string of the molecule is c1ccc(-c2ccc(N(c3ccc4c(c3)Sc3cc(N(c5ccccc5)c5cc(-c6ccccc6)c6c(c5)oc5ccccc56)ccc3C43c4ccccc4-c4ccccc43)c3cc(-c4ccc5ccccc5c4)c4oc5ccccc5c4c3)cc2)cc1. The molecule has 0 saturated carbocycles. The van der Waals surface area contributed by atoms with E-state index in [4.69, 9.17) is 8.83 Å². The van der Waals surface area contributed by atoms with E-state index in [-0.39, 0.29) is 0 Å². The third-order valence-corrected chi connectivity index (χ3v) is 19.4. The highest BCUT2D eigenvalue weighted by atomic mass is 32.2. The molecule has 0 N–H and O–H groups in total. The molecular formula is C83H52N2O2S. The number of fused-ring (bicyclic) bond motifs is 16. The van der Waals surface area contributed by atoms with Crippen LogP contribution >= 0.6 is 11.8 Å². The quantitative estimate of drug-likeness (QED) is 0.144. The van der Waals surface area contributed by atoms with Crippen molar-refractivity contribution in [3.8, 4) is 44.5 Å². The first-order chi connectivity index (χ1) is 43.6. The highest BCUT2D eigenvalue weighted by Crippen LogP contribution is 2.63. The third kappa shape index (κ3) is 7.80. The number of anilines is 6. The average Bonchev–Trinajstić information content (AvgIpc) is 1.70. The Morgan fingerprint density at radius 1 is 0.261 bits per heavy atom. The van der Waals surface area contributed by atoms with Crippen molar-refractivity contribution in [3.63, 3.8) is 0 Å². The fraction of sp³-hybridized carbons (Fsp3) is 0.0120. The number of nitrogens with zero attached hydrogens (tertiary/aromatic N) is 2. The van der Waals surface area contributed by atoms with Gasteiger partial charge < -0.3 is 18.6 Å². The van der Waals surface area contributed by atoms with Gasteiger partial charge in [-0.25, -0.2) is 0 Å². The lowest BCUT2D eigenvalue weighted by molar-refractivity contribution is 0.669. The van der Waals surface area contributed by atoms with Gasteiger partial charge in [-0.15, -0.1) is 0 Å². The standard InChI is InChI=1S/C83H52N2O2S/c1-4-20-53(21-5-1)55-38-40-60(41-39-55)85(63-48-70(58-37-36-54-22-10-11-25-57(54)46-58)82-71(49-63)67-30-14-18-34-76(67)87-82)62-43-45-75-80(52-62)88-79-51-61(42-44-74(79)83(75)72-32-16-12-28-65(72)66-29-13-17-33-73(66)83)84(59-26-8-3-9-27-59)64-47-69(56-23-6-2-7-24-56)81-68-31-15-19-35-77(68)86-78(81)50-64/h1-52H. The zero-order chi connectivity index (χ0) is 57.9. The van der Waals surface area contributed by atoms with Crippen molar-refractivity contribution < 1.29 is 8.83 Å². The second-order valence-corrected chi connectivity index (χ2v) is 24.2. The Hall–Kier alpha value is -11.1. The van der Waals surface area contributed by atoms with E-state index in [9.17, 15) is 0 Å². The molecule has 2 aliphatic rings.